The molecule has 2 fully saturated rings. The fourth-order valence-electron chi connectivity index (χ4n) is 9.16. The molecule has 0 spiro atoms. The molecule has 4 atom stereocenters. The molecule has 6 rings (SSSR count). The van der Waals surface area contributed by atoms with Crippen molar-refractivity contribution >= 4 is 68.9 Å². The molecule has 20 nitrogen and oxygen atoms in total. The first kappa shape index (κ1) is 54.9. The number of nitrogens with one attached hydrogen (secondary N) is 4. The largest absolute Gasteiger partial charge is 0.480 e. The van der Waals surface area contributed by atoms with Crippen LogP contribution in [0.25, 0.3) is 21.5 Å². The molecule has 0 aromatic heterocycles. The standard InChI is InChI=1S/C26H35N5O5.C25H33N5O5/c1-18(32)28-14-23(26(35)36-2)29-24(33)17-30(16-21-10-6-12-31(21)25(34)13-27)15-20-9-5-8-19-7-3-4-11-22(19)20;1-17(31)27-13-22(25(34)35)28-23(32)16-29(15-20-9-5-11-30(20)24(33)12-26)14-19-8-4-7-18-6-2-3-10-21(18)19/h3-5,7-9,11,21,23H,6,10,12-17,27H2,1-2H3,(H,28,32)(H,29,33);2-4,6-8,10,20,22H,5,9,11-16,26H2,1H3,(H,27,31)(H,28,32)(H,34,35)/t21-,23-;20-,22-/m00/s1. The fraction of sp³-hybridized carbons (Fsp3) is 0.451. The lowest BCUT2D eigenvalue weighted by Gasteiger charge is -2.31. The van der Waals surface area contributed by atoms with E-state index in [4.69, 9.17) is 16.2 Å². The zero-order valence-corrected chi connectivity index (χ0v) is 40.8. The predicted octanol–water partition coefficient (Wildman–Crippen LogP) is 0.682. The lowest BCUT2D eigenvalue weighted by molar-refractivity contribution is -0.145. The van der Waals surface area contributed by atoms with Crippen molar-refractivity contribution in [3.63, 3.8) is 0 Å². The number of hydrogen-bond acceptors (Lipinski definition) is 13. The summed E-state index contributed by atoms with van der Waals surface area (Å²) in [7, 11) is 1.23. The van der Waals surface area contributed by atoms with Crippen LogP contribution >= 0.6 is 0 Å². The number of fused-ring (bicyclic) bond motifs is 2. The Bertz CT molecular complexity index is 2500. The van der Waals surface area contributed by atoms with E-state index >= 15 is 0 Å². The van der Waals surface area contributed by atoms with Gasteiger partial charge in [0.15, 0.2) is 0 Å². The predicted molar refractivity (Wildman–Crippen MR) is 267 cm³/mol. The summed E-state index contributed by atoms with van der Waals surface area (Å²) in [4.78, 5) is 104. The van der Waals surface area contributed by atoms with E-state index in [9.17, 15) is 43.5 Å². The molecule has 9 N–H and O–H groups in total. The van der Waals surface area contributed by atoms with E-state index in [0.717, 1.165) is 58.4 Å². The molecule has 2 aliphatic rings. The molecule has 2 saturated heterocycles. The van der Waals surface area contributed by atoms with Gasteiger partial charge in [-0.3, -0.25) is 38.6 Å². The molecule has 0 unspecified atom stereocenters. The average molecular weight is 981 g/mol. The van der Waals surface area contributed by atoms with Gasteiger partial charge < -0.3 is 52.4 Å². The number of hydrogen-bond donors (Lipinski definition) is 7. The number of carboxylic acids is 1. The summed E-state index contributed by atoms with van der Waals surface area (Å²) in [6.45, 7) is 5.29. The van der Waals surface area contributed by atoms with Crippen LogP contribution in [0, 0.1) is 0 Å². The number of benzene rings is 4. The van der Waals surface area contributed by atoms with E-state index in [0.29, 0.717) is 39.3 Å². The Balaban J connectivity index is 0.000000264. The first-order chi connectivity index (χ1) is 34.1. The minimum Gasteiger partial charge on any atom is -0.480 e. The van der Waals surface area contributed by atoms with Gasteiger partial charge in [0.05, 0.1) is 33.3 Å². The van der Waals surface area contributed by atoms with E-state index in [2.05, 4.69) is 21.3 Å². The third-order valence-corrected chi connectivity index (χ3v) is 12.5. The van der Waals surface area contributed by atoms with Gasteiger partial charge in [-0.05, 0) is 58.4 Å². The van der Waals surface area contributed by atoms with Crippen molar-refractivity contribution in [1.29, 1.82) is 0 Å². The molecule has 71 heavy (non-hydrogen) atoms. The van der Waals surface area contributed by atoms with Crippen LogP contribution in [0.3, 0.4) is 0 Å². The van der Waals surface area contributed by atoms with Crippen molar-refractivity contribution in [1.82, 2.24) is 40.9 Å². The van der Waals surface area contributed by atoms with Crippen LogP contribution in [0.1, 0.15) is 50.7 Å². The number of methoxy groups -OCH3 is 1. The highest BCUT2D eigenvalue weighted by molar-refractivity contribution is 5.89. The molecule has 4 aromatic rings. The first-order valence-electron chi connectivity index (χ1n) is 23.9. The Morgan fingerprint density at radius 3 is 1.45 bits per heavy atom. The topological polar surface area (TPSA) is 279 Å². The van der Waals surface area contributed by atoms with Crippen LogP contribution in [-0.4, -0.2) is 169 Å². The number of rotatable bonds is 22. The number of carbonyl (C=O) groups excluding carboxylic acids is 7. The quantitative estimate of drug-likeness (QED) is 0.0534. The Labute approximate surface area is 413 Å². The van der Waals surface area contributed by atoms with E-state index < -0.39 is 29.9 Å². The smallest absolute Gasteiger partial charge is 0.330 e. The molecule has 2 heterocycles. The summed E-state index contributed by atoms with van der Waals surface area (Å²) >= 11 is 0. The SMILES string of the molecule is CC(=O)NC[C@H](NC(=O)CN(Cc1cccc2ccccc12)C[C@@H]1CCCN1C(=O)CN)C(=O)O.COC(=O)[C@H](CNC(C)=O)NC(=O)CN(Cc1cccc2ccccc12)C[C@@H]1CCCN1C(=O)CN. The van der Waals surface area contributed by atoms with Crippen LogP contribution in [0.15, 0.2) is 84.9 Å². The number of nitrogens with two attached hydrogens (primary N) is 2. The van der Waals surface area contributed by atoms with Crippen LogP contribution < -0.4 is 32.7 Å². The number of aliphatic carboxylic acids is 1. The number of amides is 6. The monoisotopic (exact) mass is 981 g/mol. The van der Waals surface area contributed by atoms with Gasteiger partial charge in [-0.2, -0.15) is 0 Å². The number of likely N-dealkylation sites (tertiary alicyclic amines) is 2. The lowest BCUT2D eigenvalue weighted by Crippen LogP contribution is -2.52. The minimum absolute atomic E-state index is 0.00204. The third-order valence-electron chi connectivity index (χ3n) is 12.5. The summed E-state index contributed by atoms with van der Waals surface area (Å²) in [5, 5.41) is 23.9. The maximum atomic E-state index is 13.1. The van der Waals surface area contributed by atoms with E-state index in [1.165, 1.54) is 21.0 Å². The van der Waals surface area contributed by atoms with Gasteiger partial charge >= 0.3 is 11.9 Å². The van der Waals surface area contributed by atoms with Crippen molar-refractivity contribution < 1.29 is 48.2 Å². The first-order valence-corrected chi connectivity index (χ1v) is 23.9. The van der Waals surface area contributed by atoms with Gasteiger partial charge in [0.2, 0.25) is 35.4 Å². The Kier molecular flexibility index (Phi) is 21.2. The normalized spacial score (nSPS) is 16.2. The zero-order valence-electron chi connectivity index (χ0n) is 40.8. The molecule has 0 bridgehead atoms. The third kappa shape index (κ3) is 16.6. The molecule has 382 valence electrons. The highest BCUT2D eigenvalue weighted by atomic mass is 16.5. The van der Waals surface area contributed by atoms with Crippen LogP contribution in [0.4, 0.5) is 0 Å². The molecule has 0 radical (unpaired) electrons. The summed E-state index contributed by atoms with van der Waals surface area (Å²) in [6, 6.07) is 25.7. The number of nitrogens with zero attached hydrogens (tertiary/aromatic N) is 4. The minimum atomic E-state index is -1.24. The second kappa shape index (κ2) is 27.4. The van der Waals surface area contributed by atoms with Gasteiger partial charge in [-0.15, -0.1) is 0 Å². The van der Waals surface area contributed by atoms with Crippen LogP contribution in [-0.2, 0) is 56.2 Å². The molecular weight excluding hydrogens is 913 g/mol. The lowest BCUT2D eigenvalue weighted by atomic mass is 10.0. The van der Waals surface area contributed by atoms with Gasteiger partial charge in [-0.1, -0.05) is 84.9 Å². The van der Waals surface area contributed by atoms with E-state index in [1.807, 2.05) is 94.7 Å². The van der Waals surface area contributed by atoms with Gasteiger partial charge in [-0.25, -0.2) is 9.59 Å². The summed E-state index contributed by atoms with van der Waals surface area (Å²) in [6.07, 6.45) is 3.38. The summed E-state index contributed by atoms with van der Waals surface area (Å²) in [5.74, 6) is -3.66. The van der Waals surface area contributed by atoms with Crippen molar-refractivity contribution in [3.8, 4) is 0 Å². The highest BCUT2D eigenvalue weighted by Gasteiger charge is 2.33. The molecule has 20 heteroatoms. The zero-order chi connectivity index (χ0) is 51.5. The Morgan fingerprint density at radius 1 is 0.634 bits per heavy atom. The van der Waals surface area contributed by atoms with Crippen molar-refractivity contribution in [2.75, 3.05) is 72.6 Å². The van der Waals surface area contributed by atoms with Gasteiger partial charge in [0.25, 0.3) is 0 Å². The second-order valence-corrected chi connectivity index (χ2v) is 17.8. The molecular formula is C51H68N10O10. The molecule has 4 aromatic carbocycles. The Hall–Kier alpha value is -7.00. The molecule has 6 amide bonds. The second-order valence-electron chi connectivity index (χ2n) is 17.8. The molecule has 0 saturated carbocycles. The van der Waals surface area contributed by atoms with E-state index in [-0.39, 0.29) is 80.9 Å². The van der Waals surface area contributed by atoms with E-state index in [1.54, 1.807) is 9.80 Å². The van der Waals surface area contributed by atoms with Crippen molar-refractivity contribution in [3.05, 3.63) is 96.1 Å². The number of esters is 1. The Morgan fingerprint density at radius 2 is 1.04 bits per heavy atom. The molecule has 2 aliphatic heterocycles. The van der Waals surface area contributed by atoms with Crippen LogP contribution in [0.5, 0.6) is 0 Å². The van der Waals surface area contributed by atoms with Gasteiger partial charge in [0, 0.05) is 78.3 Å². The highest BCUT2D eigenvalue weighted by Crippen LogP contribution is 2.25. The summed E-state index contributed by atoms with van der Waals surface area (Å²) < 4.78 is 4.78. The summed E-state index contributed by atoms with van der Waals surface area (Å²) in [5.41, 5.74) is 13.3. The number of carboxylic acid groups (broad SMARTS) is 1. The fourth-order valence-corrected chi connectivity index (χ4v) is 9.16. The van der Waals surface area contributed by atoms with Crippen molar-refractivity contribution in [2.45, 2.75) is 76.8 Å². The number of carbonyl (C=O) groups is 8. The molecule has 0 aliphatic carbocycles. The van der Waals surface area contributed by atoms with Crippen molar-refractivity contribution in [2.24, 2.45) is 11.5 Å². The maximum absolute atomic E-state index is 13.1. The number of ether oxygens (including phenoxy) is 1. The van der Waals surface area contributed by atoms with Gasteiger partial charge in [0.1, 0.15) is 12.1 Å². The average Bonchev–Trinajstić information content (AvgIpc) is 4.03. The van der Waals surface area contributed by atoms with Crippen LogP contribution in [0.2, 0.25) is 0 Å². The maximum Gasteiger partial charge on any atom is 0.330 e.